The molecule has 4 aliphatic rings. The summed E-state index contributed by atoms with van der Waals surface area (Å²) in [6.07, 6.45) is -1.21. The van der Waals surface area contributed by atoms with Gasteiger partial charge in [0.1, 0.15) is 11.3 Å². The summed E-state index contributed by atoms with van der Waals surface area (Å²) in [6.45, 7) is 4.75. The molecule has 2 aromatic rings. The number of carbonyl (C=O) groups is 2. The number of alkyl halides is 3. The first kappa shape index (κ1) is 33.5. The fraction of sp³-hybridized carbons (Fsp3) is 0.647. The Labute approximate surface area is 272 Å². The lowest BCUT2D eigenvalue weighted by Gasteiger charge is -2.52. The lowest BCUT2D eigenvalue weighted by molar-refractivity contribution is -0.155. The number of aliphatic hydroxyl groups excluding tert-OH is 1. The number of aryl methyl sites for hydroxylation is 1. The Morgan fingerprint density at radius 1 is 1.13 bits per heavy atom. The minimum atomic E-state index is -5.06. The van der Waals surface area contributed by atoms with Crippen LogP contribution in [0.5, 0.6) is 5.75 Å². The number of aliphatic carboxylic acids is 1. The van der Waals surface area contributed by atoms with Crippen molar-refractivity contribution >= 4 is 23.5 Å². The number of carboxylic acids is 1. The molecule has 1 spiro atoms. The van der Waals surface area contributed by atoms with Crippen molar-refractivity contribution < 1.29 is 42.4 Å². The number of anilines is 2. The van der Waals surface area contributed by atoms with E-state index in [-0.39, 0.29) is 37.0 Å². The van der Waals surface area contributed by atoms with Gasteiger partial charge in [-0.15, -0.1) is 0 Å². The van der Waals surface area contributed by atoms with Crippen molar-refractivity contribution in [1.29, 1.82) is 0 Å². The number of aliphatic hydroxyl groups is 1. The maximum Gasteiger partial charge on any atom is 0.434 e. The van der Waals surface area contributed by atoms with Gasteiger partial charge in [-0.1, -0.05) is 13.8 Å². The summed E-state index contributed by atoms with van der Waals surface area (Å²) in [4.78, 5) is 37.5. The van der Waals surface area contributed by atoms with Crippen LogP contribution in [0.1, 0.15) is 86.1 Å². The Kier molecular flexibility index (Phi) is 8.92. The average Bonchev–Trinajstić information content (AvgIpc) is 3.33. The van der Waals surface area contributed by atoms with Crippen LogP contribution in [0.25, 0.3) is 0 Å². The van der Waals surface area contributed by atoms with Gasteiger partial charge in [-0.2, -0.15) is 13.2 Å². The normalized spacial score (nSPS) is 28.2. The third-order valence-corrected chi connectivity index (χ3v) is 11.1. The van der Waals surface area contributed by atoms with E-state index in [9.17, 15) is 33.0 Å². The first-order chi connectivity index (χ1) is 22.3. The third kappa shape index (κ3) is 5.83. The smallest absolute Gasteiger partial charge is 0.434 e. The number of ether oxygens (including phenoxy) is 2. The molecule has 256 valence electrons. The zero-order valence-corrected chi connectivity index (χ0v) is 27.0. The molecular formula is C34H43F3N4O6. The molecule has 1 aromatic heterocycles. The van der Waals surface area contributed by atoms with Crippen LogP contribution in [-0.2, 0) is 27.5 Å². The van der Waals surface area contributed by atoms with Gasteiger partial charge >= 0.3 is 12.1 Å². The van der Waals surface area contributed by atoms with Crippen molar-refractivity contribution in [2.75, 3.05) is 38.4 Å². The largest absolute Gasteiger partial charge is 0.497 e. The molecule has 2 bridgehead atoms. The van der Waals surface area contributed by atoms with Crippen LogP contribution >= 0.6 is 0 Å². The number of carbonyl (C=O) groups excluding carboxylic acids is 1. The van der Waals surface area contributed by atoms with Gasteiger partial charge in [0.05, 0.1) is 18.4 Å². The van der Waals surface area contributed by atoms with Gasteiger partial charge in [0.15, 0.2) is 5.69 Å². The Bertz CT molecular complexity index is 1530. The van der Waals surface area contributed by atoms with Crippen LogP contribution in [-0.4, -0.2) is 71.1 Å². The second kappa shape index (κ2) is 12.5. The van der Waals surface area contributed by atoms with E-state index in [1.165, 1.54) is 0 Å². The summed E-state index contributed by atoms with van der Waals surface area (Å²) in [7, 11) is 1.55. The number of benzene rings is 1. The van der Waals surface area contributed by atoms with E-state index < -0.39 is 52.1 Å². The fourth-order valence-corrected chi connectivity index (χ4v) is 8.94. The second-order valence-electron chi connectivity index (χ2n) is 14.0. The number of hydrogen-bond donors (Lipinski definition) is 3. The van der Waals surface area contributed by atoms with Gasteiger partial charge in [0.25, 0.3) is 5.91 Å². The Morgan fingerprint density at radius 3 is 2.53 bits per heavy atom. The van der Waals surface area contributed by atoms with Gasteiger partial charge in [0, 0.05) is 37.5 Å². The van der Waals surface area contributed by atoms with E-state index >= 15 is 0 Å². The SMILES string of the molecule is COc1ccc2c(c1)C1(CCOCC1)CN2c1nc(CCCO)c(C(=O)NC2(C(=O)O)C(C)CC3CC(C)CC2C3)c(C(F)(F)F)n1. The topological polar surface area (TPSA) is 134 Å². The summed E-state index contributed by atoms with van der Waals surface area (Å²) in [6, 6.07) is 5.41. The Morgan fingerprint density at radius 2 is 1.87 bits per heavy atom. The van der Waals surface area contributed by atoms with Crippen LogP contribution in [0.4, 0.5) is 24.8 Å². The first-order valence-corrected chi connectivity index (χ1v) is 16.5. The number of nitrogens with one attached hydrogen (secondary N) is 1. The first-order valence-electron chi connectivity index (χ1n) is 16.5. The molecule has 1 saturated heterocycles. The molecule has 1 amide bonds. The molecule has 0 radical (unpaired) electrons. The predicted octanol–water partition coefficient (Wildman–Crippen LogP) is 5.27. The molecule has 2 saturated carbocycles. The number of rotatable bonds is 8. The zero-order chi connectivity index (χ0) is 33.7. The molecular weight excluding hydrogens is 617 g/mol. The van der Waals surface area contributed by atoms with E-state index in [1.807, 2.05) is 13.0 Å². The summed E-state index contributed by atoms with van der Waals surface area (Å²) >= 11 is 0. The maximum atomic E-state index is 15.0. The second-order valence-corrected chi connectivity index (χ2v) is 14.0. The van der Waals surface area contributed by atoms with E-state index in [0.717, 1.165) is 12.0 Å². The van der Waals surface area contributed by atoms with Crippen LogP contribution in [0, 0.1) is 23.7 Å². The number of nitrogens with zero attached hydrogens (tertiary/aromatic N) is 3. The van der Waals surface area contributed by atoms with Crippen molar-refractivity contribution in [3.05, 3.63) is 40.7 Å². The van der Waals surface area contributed by atoms with Gasteiger partial charge in [-0.25, -0.2) is 14.8 Å². The van der Waals surface area contributed by atoms with Crippen molar-refractivity contribution in [2.45, 2.75) is 82.3 Å². The minimum absolute atomic E-state index is 0.0470. The molecule has 13 heteroatoms. The summed E-state index contributed by atoms with van der Waals surface area (Å²) in [5.41, 5.74) is -3.00. The summed E-state index contributed by atoms with van der Waals surface area (Å²) in [5, 5.41) is 22.9. The highest BCUT2D eigenvalue weighted by atomic mass is 19.4. The van der Waals surface area contributed by atoms with Crippen molar-refractivity contribution in [1.82, 2.24) is 15.3 Å². The molecule has 2 aliphatic carbocycles. The van der Waals surface area contributed by atoms with Crippen LogP contribution in [0.3, 0.4) is 0 Å². The average molecular weight is 661 g/mol. The van der Waals surface area contributed by atoms with Gasteiger partial charge in [-0.3, -0.25) is 4.79 Å². The van der Waals surface area contributed by atoms with Crippen LogP contribution in [0.2, 0.25) is 0 Å². The van der Waals surface area contributed by atoms with Crippen molar-refractivity contribution in [3.8, 4) is 5.75 Å². The van der Waals surface area contributed by atoms with Crippen LogP contribution in [0.15, 0.2) is 18.2 Å². The minimum Gasteiger partial charge on any atom is -0.497 e. The molecule has 5 atom stereocenters. The van der Waals surface area contributed by atoms with Gasteiger partial charge in [-0.05, 0) is 98.8 Å². The standard InChI is InChI=1S/C34H43F3N4O6/c1-19-13-21-15-20(2)33(30(44)45,22(14-19)16-21)40-29(43)27-25(5-4-10-42)38-31(39-28(27)34(35,36)37)41-18-32(8-11-47-12-9-32)24-17-23(46-3)6-7-26(24)41/h6-7,17,19-22,42H,4-5,8-16,18H2,1-3H3,(H,40,43)(H,44,45). The highest BCUT2D eigenvalue weighted by Crippen LogP contribution is 2.52. The number of aromatic nitrogens is 2. The molecule has 1 aromatic carbocycles. The highest BCUT2D eigenvalue weighted by Gasteiger charge is 2.57. The number of methoxy groups -OCH3 is 1. The number of halogens is 3. The van der Waals surface area contributed by atoms with Gasteiger partial charge < -0.3 is 29.9 Å². The molecule has 47 heavy (non-hydrogen) atoms. The van der Waals surface area contributed by atoms with Crippen molar-refractivity contribution in [3.63, 3.8) is 0 Å². The Hall–Kier alpha value is -3.45. The third-order valence-electron chi connectivity index (χ3n) is 11.1. The van der Waals surface area contributed by atoms with Crippen molar-refractivity contribution in [2.24, 2.45) is 23.7 Å². The monoisotopic (exact) mass is 660 g/mol. The summed E-state index contributed by atoms with van der Waals surface area (Å²) in [5.74, 6) is -2.38. The van der Waals surface area contributed by atoms with E-state index in [2.05, 4.69) is 15.3 Å². The molecule has 3 N–H and O–H groups in total. The molecule has 5 unspecified atom stereocenters. The van der Waals surface area contributed by atoms with E-state index in [0.29, 0.717) is 69.2 Å². The van der Waals surface area contributed by atoms with E-state index in [4.69, 9.17) is 9.47 Å². The quantitative estimate of drug-likeness (QED) is 0.346. The molecule has 2 aliphatic heterocycles. The zero-order valence-electron chi connectivity index (χ0n) is 27.0. The molecule has 10 nitrogen and oxygen atoms in total. The molecule has 3 heterocycles. The Balaban J connectivity index is 1.46. The maximum absolute atomic E-state index is 15.0. The molecule has 6 rings (SSSR count). The number of carboxylic acid groups (broad SMARTS) is 1. The summed E-state index contributed by atoms with van der Waals surface area (Å²) < 4.78 is 56.1. The molecule has 3 fully saturated rings. The van der Waals surface area contributed by atoms with E-state index in [1.54, 1.807) is 31.1 Å². The lowest BCUT2D eigenvalue weighted by Crippen LogP contribution is -2.67. The number of fused-ring (bicyclic) bond motifs is 4. The highest BCUT2D eigenvalue weighted by molar-refractivity contribution is 6.00. The predicted molar refractivity (Wildman–Crippen MR) is 166 cm³/mol. The fourth-order valence-electron chi connectivity index (χ4n) is 8.94. The van der Waals surface area contributed by atoms with Crippen LogP contribution < -0.4 is 15.0 Å². The number of amides is 1. The number of hydrogen-bond acceptors (Lipinski definition) is 8. The lowest BCUT2D eigenvalue weighted by atomic mass is 9.56. The van der Waals surface area contributed by atoms with Gasteiger partial charge in [0.2, 0.25) is 5.95 Å².